The van der Waals surface area contributed by atoms with Crippen LogP contribution in [0.15, 0.2) is 65.8 Å². The first-order valence-corrected chi connectivity index (χ1v) is 11.7. The molecule has 38 heavy (non-hydrogen) atoms. The number of phenolic OH excluding ortho intramolecular Hbond substituents is 1. The summed E-state index contributed by atoms with van der Waals surface area (Å²) in [6, 6.07) is 16.7. The zero-order valence-electron chi connectivity index (χ0n) is 21.0. The molecule has 0 atom stereocenters. The summed E-state index contributed by atoms with van der Waals surface area (Å²) in [6.07, 6.45) is 1.50. The summed E-state index contributed by atoms with van der Waals surface area (Å²) < 4.78 is 5.34. The smallest absolute Gasteiger partial charge is 0.269 e. The molecule has 0 aliphatic carbocycles. The van der Waals surface area contributed by atoms with Crippen molar-refractivity contribution in [1.82, 2.24) is 15.0 Å². The van der Waals surface area contributed by atoms with Crippen LogP contribution in [0.1, 0.15) is 23.6 Å². The Kier molecular flexibility index (Phi) is 7.92. The van der Waals surface area contributed by atoms with Crippen LogP contribution in [-0.4, -0.2) is 37.8 Å². The van der Waals surface area contributed by atoms with Crippen LogP contribution in [0.3, 0.4) is 0 Å². The van der Waals surface area contributed by atoms with Gasteiger partial charge in [-0.2, -0.15) is 20.1 Å². The molecule has 0 bridgehead atoms. The van der Waals surface area contributed by atoms with E-state index in [9.17, 15) is 15.2 Å². The number of hydrogen-bond donors (Lipinski definition) is 4. The Morgan fingerprint density at radius 2 is 1.58 bits per heavy atom. The van der Waals surface area contributed by atoms with Crippen molar-refractivity contribution in [2.24, 2.45) is 5.10 Å². The third-order valence-electron chi connectivity index (χ3n) is 5.39. The van der Waals surface area contributed by atoms with E-state index in [1.54, 1.807) is 24.3 Å². The number of ether oxygens (including phenoxy) is 1. The lowest BCUT2D eigenvalue weighted by molar-refractivity contribution is -0.384. The van der Waals surface area contributed by atoms with Crippen LogP contribution in [-0.2, 0) is 0 Å². The molecule has 0 spiro atoms. The molecule has 0 saturated carbocycles. The SMILES string of the molecule is CCOc1ccc(/C=N/Nc2nc(Nc3ccc([N+](=O)[O-])cc3)nc(Nc3ccc(C)c(C)c3)n2)cc1O. The Hall–Kier alpha value is -5.26. The lowest BCUT2D eigenvalue weighted by Gasteiger charge is -2.11. The van der Waals surface area contributed by atoms with Crippen molar-refractivity contribution < 1.29 is 14.8 Å². The maximum absolute atomic E-state index is 10.9. The van der Waals surface area contributed by atoms with Crippen LogP contribution in [0.4, 0.5) is 34.9 Å². The van der Waals surface area contributed by atoms with E-state index in [0.29, 0.717) is 23.6 Å². The van der Waals surface area contributed by atoms with Crippen molar-refractivity contribution in [3.63, 3.8) is 0 Å². The highest BCUT2D eigenvalue weighted by Crippen LogP contribution is 2.26. The summed E-state index contributed by atoms with van der Waals surface area (Å²) in [5.41, 5.74) is 6.98. The van der Waals surface area contributed by atoms with Gasteiger partial charge in [0.2, 0.25) is 17.8 Å². The molecule has 0 amide bonds. The largest absolute Gasteiger partial charge is 0.504 e. The Morgan fingerprint density at radius 3 is 2.21 bits per heavy atom. The van der Waals surface area contributed by atoms with E-state index in [0.717, 1.165) is 16.8 Å². The number of phenols is 1. The van der Waals surface area contributed by atoms with Gasteiger partial charge in [0.05, 0.1) is 17.7 Å². The molecule has 12 heteroatoms. The van der Waals surface area contributed by atoms with Crippen LogP contribution < -0.4 is 20.8 Å². The van der Waals surface area contributed by atoms with Gasteiger partial charge < -0.3 is 20.5 Å². The average molecular weight is 515 g/mol. The van der Waals surface area contributed by atoms with Gasteiger partial charge >= 0.3 is 0 Å². The topological polar surface area (TPSA) is 160 Å². The van der Waals surface area contributed by atoms with Gasteiger partial charge in [-0.25, -0.2) is 5.43 Å². The molecule has 194 valence electrons. The number of nitrogens with zero attached hydrogens (tertiary/aromatic N) is 5. The van der Waals surface area contributed by atoms with E-state index in [4.69, 9.17) is 4.74 Å². The summed E-state index contributed by atoms with van der Waals surface area (Å²) in [7, 11) is 0. The number of aromatic hydroxyl groups is 1. The number of hydrogen-bond acceptors (Lipinski definition) is 11. The molecule has 4 N–H and O–H groups in total. The van der Waals surface area contributed by atoms with Crippen molar-refractivity contribution in [3.8, 4) is 11.5 Å². The van der Waals surface area contributed by atoms with Gasteiger partial charge in [-0.3, -0.25) is 10.1 Å². The molecule has 1 aromatic heterocycles. The quantitative estimate of drug-likeness (QED) is 0.122. The molecule has 0 unspecified atom stereocenters. The number of benzene rings is 3. The molecular weight excluding hydrogens is 488 g/mol. The second-order valence-electron chi connectivity index (χ2n) is 8.19. The molecular formula is C26H26N8O4. The highest BCUT2D eigenvalue weighted by atomic mass is 16.6. The standard InChI is InChI=1S/C26H26N8O4/c1-4-38-23-12-6-18(14-22(23)35)15-27-33-26-31-24(28-19-8-10-21(11-9-19)34(36)37)30-25(32-26)29-20-7-5-16(2)17(3)13-20/h5-15,35H,4H2,1-3H3,(H3,28,29,30,31,32,33)/b27-15+. The van der Waals surface area contributed by atoms with Crippen LogP contribution in [0.2, 0.25) is 0 Å². The summed E-state index contributed by atoms with van der Waals surface area (Å²) in [6.45, 7) is 6.31. The van der Waals surface area contributed by atoms with Gasteiger partial charge in [-0.15, -0.1) is 0 Å². The third kappa shape index (κ3) is 6.69. The molecule has 12 nitrogen and oxygen atoms in total. The van der Waals surface area contributed by atoms with Crippen molar-refractivity contribution in [3.05, 3.63) is 87.5 Å². The molecule has 0 saturated heterocycles. The zero-order chi connectivity index (χ0) is 27.1. The summed E-state index contributed by atoms with van der Waals surface area (Å²) >= 11 is 0. The van der Waals surface area contributed by atoms with Crippen molar-refractivity contribution in [1.29, 1.82) is 0 Å². The Balaban J connectivity index is 1.58. The van der Waals surface area contributed by atoms with Crippen LogP contribution in [0.5, 0.6) is 11.5 Å². The fourth-order valence-electron chi connectivity index (χ4n) is 3.34. The number of aryl methyl sites for hydroxylation is 2. The van der Waals surface area contributed by atoms with Gasteiger partial charge in [0.1, 0.15) is 0 Å². The molecule has 4 rings (SSSR count). The van der Waals surface area contributed by atoms with E-state index >= 15 is 0 Å². The number of hydrazone groups is 1. The number of non-ortho nitro benzene ring substituents is 1. The number of anilines is 5. The van der Waals surface area contributed by atoms with Crippen molar-refractivity contribution in [2.75, 3.05) is 22.7 Å². The first-order chi connectivity index (χ1) is 18.3. The number of nitro groups is 1. The molecule has 4 aromatic rings. The first-order valence-electron chi connectivity index (χ1n) is 11.7. The van der Waals surface area contributed by atoms with Gasteiger partial charge in [0.25, 0.3) is 5.69 Å². The van der Waals surface area contributed by atoms with E-state index in [-0.39, 0.29) is 29.3 Å². The maximum Gasteiger partial charge on any atom is 0.269 e. The van der Waals surface area contributed by atoms with E-state index in [2.05, 4.69) is 36.1 Å². The van der Waals surface area contributed by atoms with Crippen molar-refractivity contribution in [2.45, 2.75) is 20.8 Å². The monoisotopic (exact) mass is 514 g/mol. The fraction of sp³-hybridized carbons (Fsp3) is 0.154. The van der Waals surface area contributed by atoms with Crippen LogP contribution in [0.25, 0.3) is 0 Å². The fourth-order valence-corrected chi connectivity index (χ4v) is 3.34. The number of rotatable bonds is 10. The van der Waals surface area contributed by atoms with E-state index in [1.807, 2.05) is 39.0 Å². The minimum absolute atomic E-state index is 0.00502. The number of nitrogens with one attached hydrogen (secondary N) is 3. The first kappa shape index (κ1) is 25.8. The lowest BCUT2D eigenvalue weighted by atomic mass is 10.1. The Bertz CT molecular complexity index is 1480. The Labute approximate surface area is 218 Å². The van der Waals surface area contributed by atoms with E-state index in [1.165, 1.54) is 24.4 Å². The Morgan fingerprint density at radius 1 is 0.921 bits per heavy atom. The van der Waals surface area contributed by atoms with Crippen LogP contribution >= 0.6 is 0 Å². The molecule has 0 fully saturated rings. The molecule has 0 aliphatic heterocycles. The summed E-state index contributed by atoms with van der Waals surface area (Å²) in [4.78, 5) is 23.6. The predicted octanol–water partition coefficient (Wildman–Crippen LogP) is 5.43. The highest BCUT2D eigenvalue weighted by Gasteiger charge is 2.10. The number of aromatic nitrogens is 3. The summed E-state index contributed by atoms with van der Waals surface area (Å²) in [5, 5.41) is 31.4. The minimum atomic E-state index is -0.470. The second-order valence-corrected chi connectivity index (χ2v) is 8.19. The summed E-state index contributed by atoms with van der Waals surface area (Å²) in [5.74, 6) is 0.979. The van der Waals surface area contributed by atoms with Crippen LogP contribution in [0, 0.1) is 24.0 Å². The maximum atomic E-state index is 10.9. The average Bonchev–Trinajstić information content (AvgIpc) is 2.88. The molecule has 0 radical (unpaired) electrons. The highest BCUT2D eigenvalue weighted by molar-refractivity contribution is 5.81. The predicted molar refractivity (Wildman–Crippen MR) is 146 cm³/mol. The normalized spacial score (nSPS) is 10.8. The molecule has 3 aromatic carbocycles. The zero-order valence-corrected chi connectivity index (χ0v) is 21.0. The molecule has 1 heterocycles. The third-order valence-corrected chi connectivity index (χ3v) is 5.39. The lowest BCUT2D eigenvalue weighted by Crippen LogP contribution is -2.07. The van der Waals surface area contributed by atoms with Gasteiger partial charge in [-0.1, -0.05) is 6.07 Å². The second kappa shape index (κ2) is 11.6. The minimum Gasteiger partial charge on any atom is -0.504 e. The van der Waals surface area contributed by atoms with Gasteiger partial charge in [0.15, 0.2) is 11.5 Å². The number of nitro benzene ring substituents is 1. The van der Waals surface area contributed by atoms with E-state index < -0.39 is 4.92 Å². The van der Waals surface area contributed by atoms with Gasteiger partial charge in [-0.05, 0) is 79.9 Å². The van der Waals surface area contributed by atoms with Crippen molar-refractivity contribution >= 4 is 41.1 Å². The van der Waals surface area contributed by atoms with Gasteiger partial charge in [0, 0.05) is 23.5 Å². The molecule has 0 aliphatic rings.